The summed E-state index contributed by atoms with van der Waals surface area (Å²) in [7, 11) is -3.85. The fourth-order valence-electron chi connectivity index (χ4n) is 1.45. The fraction of sp³-hybridized carbons (Fsp3) is 0.364. The third-order valence-electron chi connectivity index (χ3n) is 2.07. The van der Waals surface area contributed by atoms with Gasteiger partial charge in [-0.15, -0.1) is 0 Å². The molecule has 0 fully saturated rings. The largest absolute Gasteiger partial charge is 0.492 e. The predicted molar refractivity (Wildman–Crippen MR) is 63.4 cm³/mol. The topological polar surface area (TPSA) is 86.5 Å². The van der Waals surface area contributed by atoms with Crippen molar-refractivity contribution in [2.24, 2.45) is 5.14 Å². The third-order valence-corrected chi connectivity index (χ3v) is 3.00. The van der Waals surface area contributed by atoms with Gasteiger partial charge in [-0.05, 0) is 31.5 Å². The molecule has 0 atom stereocenters. The van der Waals surface area contributed by atoms with Crippen molar-refractivity contribution < 1.29 is 17.9 Å². The number of primary sulfonamides is 1. The van der Waals surface area contributed by atoms with Gasteiger partial charge in [0.2, 0.25) is 10.0 Å². The summed E-state index contributed by atoms with van der Waals surface area (Å²) in [4.78, 5) is 10.9. The van der Waals surface area contributed by atoms with Gasteiger partial charge in [-0.25, -0.2) is 13.6 Å². The molecule has 0 aliphatic carbocycles. The van der Waals surface area contributed by atoms with Gasteiger partial charge in [0.1, 0.15) is 16.4 Å². The number of Topliss-reactive ketones (excluding diaryl/α,β-unsaturated/α-hetero) is 1. The average Bonchev–Trinajstić information content (AvgIpc) is 2.18. The minimum absolute atomic E-state index is 0.0467. The van der Waals surface area contributed by atoms with Gasteiger partial charge >= 0.3 is 0 Å². The number of sulfonamides is 1. The molecule has 6 heteroatoms. The second kappa shape index (κ2) is 5.29. The summed E-state index contributed by atoms with van der Waals surface area (Å²) in [6.07, 6.45) is 0.176. The van der Waals surface area contributed by atoms with Gasteiger partial charge in [-0.2, -0.15) is 0 Å². The number of benzene rings is 1. The fourth-order valence-corrected chi connectivity index (χ4v) is 2.17. The molecule has 0 saturated heterocycles. The van der Waals surface area contributed by atoms with E-state index in [9.17, 15) is 13.2 Å². The van der Waals surface area contributed by atoms with Crippen LogP contribution in [-0.4, -0.2) is 20.8 Å². The van der Waals surface area contributed by atoms with Crippen LogP contribution in [0.2, 0.25) is 0 Å². The summed E-state index contributed by atoms with van der Waals surface area (Å²) in [5, 5.41) is 5.09. The zero-order chi connectivity index (χ0) is 13.1. The summed E-state index contributed by atoms with van der Waals surface area (Å²) in [5.41, 5.74) is 0.602. The number of carbonyl (C=O) groups excluding carboxylic acids is 1. The quantitative estimate of drug-likeness (QED) is 0.847. The molecule has 1 rings (SSSR count). The van der Waals surface area contributed by atoms with Crippen LogP contribution in [0.4, 0.5) is 0 Å². The predicted octanol–water partition coefficient (Wildman–Crippen LogP) is 0.864. The highest BCUT2D eigenvalue weighted by Crippen LogP contribution is 2.24. The lowest BCUT2D eigenvalue weighted by Crippen LogP contribution is -2.14. The number of ketones is 1. The molecule has 0 amide bonds. The van der Waals surface area contributed by atoms with E-state index in [2.05, 4.69) is 0 Å². The van der Waals surface area contributed by atoms with E-state index in [1.54, 1.807) is 13.0 Å². The SMILES string of the molecule is CCOc1ccc(CC(C)=O)cc1S(N)(=O)=O. The Labute approximate surface area is 101 Å². The minimum Gasteiger partial charge on any atom is -0.492 e. The highest BCUT2D eigenvalue weighted by Gasteiger charge is 2.16. The maximum Gasteiger partial charge on any atom is 0.241 e. The van der Waals surface area contributed by atoms with Crippen LogP contribution in [0, 0.1) is 0 Å². The normalized spacial score (nSPS) is 11.2. The maximum atomic E-state index is 11.4. The Morgan fingerprint density at radius 2 is 2.06 bits per heavy atom. The number of ether oxygens (including phenoxy) is 1. The van der Waals surface area contributed by atoms with Crippen LogP contribution in [-0.2, 0) is 21.2 Å². The number of nitrogens with two attached hydrogens (primary N) is 1. The van der Waals surface area contributed by atoms with Gasteiger partial charge in [0.15, 0.2) is 0 Å². The van der Waals surface area contributed by atoms with Crippen molar-refractivity contribution >= 4 is 15.8 Å². The lowest BCUT2D eigenvalue weighted by molar-refractivity contribution is -0.116. The van der Waals surface area contributed by atoms with E-state index in [0.29, 0.717) is 12.2 Å². The molecule has 0 unspecified atom stereocenters. The zero-order valence-corrected chi connectivity index (χ0v) is 10.6. The molecule has 1 aromatic rings. The van der Waals surface area contributed by atoms with Crippen molar-refractivity contribution in [2.75, 3.05) is 6.61 Å². The van der Waals surface area contributed by atoms with Gasteiger partial charge in [0, 0.05) is 6.42 Å². The van der Waals surface area contributed by atoms with Crippen molar-refractivity contribution in [1.29, 1.82) is 0 Å². The van der Waals surface area contributed by atoms with E-state index in [1.807, 2.05) is 0 Å². The van der Waals surface area contributed by atoms with Gasteiger partial charge in [-0.3, -0.25) is 4.79 Å². The Morgan fingerprint density at radius 1 is 1.41 bits per heavy atom. The van der Waals surface area contributed by atoms with Crippen LogP contribution in [0.3, 0.4) is 0 Å². The van der Waals surface area contributed by atoms with Crippen molar-refractivity contribution in [3.63, 3.8) is 0 Å². The lowest BCUT2D eigenvalue weighted by atomic mass is 10.1. The van der Waals surface area contributed by atoms with Crippen LogP contribution in [0.15, 0.2) is 23.1 Å². The number of rotatable bonds is 5. The minimum atomic E-state index is -3.85. The maximum absolute atomic E-state index is 11.4. The molecule has 17 heavy (non-hydrogen) atoms. The average molecular weight is 257 g/mol. The van der Waals surface area contributed by atoms with E-state index < -0.39 is 10.0 Å². The van der Waals surface area contributed by atoms with Crippen LogP contribution < -0.4 is 9.88 Å². The Kier molecular flexibility index (Phi) is 4.25. The van der Waals surface area contributed by atoms with Crippen LogP contribution in [0.1, 0.15) is 19.4 Å². The van der Waals surface area contributed by atoms with Crippen molar-refractivity contribution in [2.45, 2.75) is 25.2 Å². The second-order valence-corrected chi connectivity index (χ2v) is 5.17. The Balaban J connectivity index is 3.24. The summed E-state index contributed by atoms with van der Waals surface area (Å²) in [6.45, 7) is 3.53. The van der Waals surface area contributed by atoms with Crippen molar-refractivity contribution in [3.8, 4) is 5.75 Å². The molecule has 2 N–H and O–H groups in total. The van der Waals surface area contributed by atoms with E-state index in [0.717, 1.165) is 0 Å². The second-order valence-electron chi connectivity index (χ2n) is 3.64. The van der Waals surface area contributed by atoms with Crippen LogP contribution in [0.5, 0.6) is 5.75 Å². The molecule has 5 nitrogen and oxygen atoms in total. The molecule has 0 spiro atoms. The summed E-state index contributed by atoms with van der Waals surface area (Å²) >= 11 is 0. The number of carbonyl (C=O) groups is 1. The molecule has 0 bridgehead atoms. The molecule has 0 radical (unpaired) electrons. The van der Waals surface area contributed by atoms with Gasteiger partial charge in [0.25, 0.3) is 0 Å². The summed E-state index contributed by atoms with van der Waals surface area (Å²) < 4.78 is 27.9. The molecule has 0 saturated carbocycles. The van der Waals surface area contributed by atoms with Gasteiger partial charge in [-0.1, -0.05) is 6.07 Å². The molecule has 1 aromatic carbocycles. The number of hydrogen-bond donors (Lipinski definition) is 1. The summed E-state index contributed by atoms with van der Waals surface area (Å²) in [5.74, 6) is 0.164. The standard InChI is InChI=1S/C11H15NO4S/c1-3-16-10-5-4-9(6-8(2)13)7-11(10)17(12,14)15/h4-5,7H,3,6H2,1-2H3,(H2,12,14,15). The Morgan fingerprint density at radius 3 is 2.53 bits per heavy atom. The molecule has 94 valence electrons. The van der Waals surface area contributed by atoms with Crippen molar-refractivity contribution in [1.82, 2.24) is 0 Å². The highest BCUT2D eigenvalue weighted by molar-refractivity contribution is 7.89. The third kappa shape index (κ3) is 3.83. The molecular formula is C11H15NO4S. The first-order valence-corrected chi connectivity index (χ1v) is 6.67. The molecule has 0 aromatic heterocycles. The first-order valence-electron chi connectivity index (χ1n) is 5.12. The Hall–Kier alpha value is -1.40. The molecule has 0 heterocycles. The van der Waals surface area contributed by atoms with Gasteiger partial charge in [0.05, 0.1) is 6.61 Å². The van der Waals surface area contributed by atoms with Crippen LogP contribution >= 0.6 is 0 Å². The Bertz CT molecular complexity index is 522. The first-order chi connectivity index (χ1) is 7.84. The van der Waals surface area contributed by atoms with E-state index in [1.165, 1.54) is 19.1 Å². The smallest absolute Gasteiger partial charge is 0.241 e. The molecule has 0 aliphatic rings. The molecule has 0 aliphatic heterocycles. The van der Waals surface area contributed by atoms with E-state index >= 15 is 0 Å². The molecular weight excluding hydrogens is 242 g/mol. The number of hydrogen-bond acceptors (Lipinski definition) is 4. The monoisotopic (exact) mass is 257 g/mol. The summed E-state index contributed by atoms with van der Waals surface area (Å²) in [6, 6.07) is 4.55. The zero-order valence-electron chi connectivity index (χ0n) is 9.76. The van der Waals surface area contributed by atoms with Crippen molar-refractivity contribution in [3.05, 3.63) is 23.8 Å². The lowest BCUT2D eigenvalue weighted by Gasteiger charge is -2.10. The highest BCUT2D eigenvalue weighted by atomic mass is 32.2. The van der Waals surface area contributed by atoms with E-state index in [-0.39, 0.29) is 22.8 Å². The van der Waals surface area contributed by atoms with Gasteiger partial charge < -0.3 is 4.74 Å². The van der Waals surface area contributed by atoms with Crippen LogP contribution in [0.25, 0.3) is 0 Å². The van der Waals surface area contributed by atoms with E-state index in [4.69, 9.17) is 9.88 Å². The first kappa shape index (κ1) is 13.7.